The number of nitrogens with zero attached hydrogens (tertiary/aromatic N) is 2. The van der Waals surface area contributed by atoms with Gasteiger partial charge in [0.05, 0.1) is 21.4 Å². The van der Waals surface area contributed by atoms with Gasteiger partial charge >= 0.3 is 0 Å². The zero-order valence-corrected chi connectivity index (χ0v) is 15.1. The highest BCUT2D eigenvalue weighted by molar-refractivity contribution is 9.11. The Morgan fingerprint density at radius 2 is 2.19 bits per heavy atom. The molecule has 3 rings (SSSR count). The second-order valence-electron chi connectivity index (χ2n) is 4.37. The number of halogens is 1. The number of carbonyl (C=O) groups is 1. The average Bonchev–Trinajstić information content (AvgIpc) is 3.18. The van der Waals surface area contributed by atoms with Crippen molar-refractivity contribution in [1.82, 2.24) is 9.88 Å². The third-order valence-electron chi connectivity index (χ3n) is 2.82. The highest BCUT2D eigenvalue weighted by Gasteiger charge is 2.17. The maximum Gasteiger partial charge on any atom is 0.265 e. The number of amides is 1. The fourth-order valence-electron chi connectivity index (χ4n) is 1.82. The van der Waals surface area contributed by atoms with E-state index in [4.69, 9.17) is 0 Å². The number of rotatable bonds is 4. The normalized spacial score (nSPS) is 10.8. The van der Waals surface area contributed by atoms with Crippen LogP contribution in [-0.4, -0.2) is 22.8 Å². The first-order valence-corrected chi connectivity index (χ1v) is 9.43. The summed E-state index contributed by atoms with van der Waals surface area (Å²) >= 11 is 8.16. The lowest BCUT2D eigenvalue weighted by Gasteiger charge is -2.14. The molecule has 0 aliphatic heterocycles. The van der Waals surface area contributed by atoms with Crippen LogP contribution in [0.15, 0.2) is 39.6 Å². The molecule has 108 valence electrons. The number of aromatic nitrogens is 1. The quantitative estimate of drug-likeness (QED) is 0.621. The van der Waals surface area contributed by atoms with Gasteiger partial charge < -0.3 is 4.90 Å². The summed E-state index contributed by atoms with van der Waals surface area (Å²) in [5, 5.41) is 2.92. The molecule has 21 heavy (non-hydrogen) atoms. The molecule has 0 N–H and O–H groups in total. The van der Waals surface area contributed by atoms with E-state index in [1.807, 2.05) is 36.7 Å². The molecule has 0 saturated carbocycles. The van der Waals surface area contributed by atoms with E-state index in [1.54, 1.807) is 33.8 Å². The summed E-state index contributed by atoms with van der Waals surface area (Å²) in [5.41, 5.74) is 0. The molecule has 3 heterocycles. The van der Waals surface area contributed by atoms with Gasteiger partial charge in [-0.2, -0.15) is 0 Å². The topological polar surface area (TPSA) is 33.2 Å². The third kappa shape index (κ3) is 3.42. The first kappa shape index (κ1) is 14.9. The van der Waals surface area contributed by atoms with Crippen LogP contribution in [0.3, 0.4) is 0 Å². The van der Waals surface area contributed by atoms with E-state index in [9.17, 15) is 4.79 Å². The standard InChI is InChI=1S/C14H11BrN2OS3/c1-17(8-9-4-5-12(15)20-9)14(18)11-7-16-13(21-11)10-3-2-6-19-10/h2-7H,8H2,1H3. The van der Waals surface area contributed by atoms with Crippen LogP contribution in [0, 0.1) is 0 Å². The smallest absolute Gasteiger partial charge is 0.265 e. The van der Waals surface area contributed by atoms with Crippen LogP contribution in [0.2, 0.25) is 0 Å². The van der Waals surface area contributed by atoms with Gasteiger partial charge in [-0.15, -0.1) is 34.0 Å². The Kier molecular flexibility index (Phi) is 4.54. The highest BCUT2D eigenvalue weighted by Crippen LogP contribution is 2.30. The molecule has 0 aliphatic rings. The van der Waals surface area contributed by atoms with Crippen molar-refractivity contribution in [1.29, 1.82) is 0 Å². The van der Waals surface area contributed by atoms with Crippen LogP contribution in [0.25, 0.3) is 9.88 Å². The minimum absolute atomic E-state index is 0.0137. The van der Waals surface area contributed by atoms with Crippen LogP contribution in [0.5, 0.6) is 0 Å². The van der Waals surface area contributed by atoms with E-state index in [0.717, 1.165) is 18.5 Å². The van der Waals surface area contributed by atoms with Gasteiger partial charge in [0.1, 0.15) is 9.88 Å². The van der Waals surface area contributed by atoms with Crippen LogP contribution in [0.1, 0.15) is 14.5 Å². The van der Waals surface area contributed by atoms with Crippen molar-refractivity contribution in [2.24, 2.45) is 0 Å². The summed E-state index contributed by atoms with van der Waals surface area (Å²) in [7, 11) is 1.82. The van der Waals surface area contributed by atoms with Gasteiger partial charge in [0.2, 0.25) is 0 Å². The monoisotopic (exact) mass is 398 g/mol. The van der Waals surface area contributed by atoms with E-state index in [-0.39, 0.29) is 5.91 Å². The molecule has 0 spiro atoms. The van der Waals surface area contributed by atoms with Gasteiger partial charge in [-0.1, -0.05) is 6.07 Å². The van der Waals surface area contributed by atoms with Gasteiger partial charge in [-0.25, -0.2) is 4.98 Å². The van der Waals surface area contributed by atoms with E-state index in [1.165, 1.54) is 11.3 Å². The van der Waals surface area contributed by atoms with Crippen LogP contribution >= 0.6 is 49.9 Å². The molecule has 0 bridgehead atoms. The fourth-order valence-corrected chi connectivity index (χ4v) is 5.07. The minimum atomic E-state index is 0.0137. The summed E-state index contributed by atoms with van der Waals surface area (Å²) in [6.45, 7) is 0.612. The maximum atomic E-state index is 12.4. The number of thiophene rings is 2. The van der Waals surface area contributed by atoms with Crippen LogP contribution < -0.4 is 0 Å². The molecule has 1 amide bonds. The van der Waals surface area contributed by atoms with Gasteiger partial charge in [0.15, 0.2) is 0 Å². The number of hydrogen-bond donors (Lipinski definition) is 0. The second-order valence-corrected chi connectivity index (χ2v) is 8.90. The molecule has 3 nitrogen and oxygen atoms in total. The largest absolute Gasteiger partial charge is 0.336 e. The molecule has 0 atom stereocenters. The van der Waals surface area contributed by atoms with Crippen molar-refractivity contribution in [3.05, 3.63) is 49.4 Å². The number of hydrogen-bond acceptors (Lipinski definition) is 5. The lowest BCUT2D eigenvalue weighted by atomic mass is 10.4. The Morgan fingerprint density at radius 1 is 1.33 bits per heavy atom. The summed E-state index contributed by atoms with van der Waals surface area (Å²) in [6.07, 6.45) is 1.67. The molecule has 3 aromatic rings. The SMILES string of the molecule is CN(Cc1ccc(Br)s1)C(=O)c1cnc(-c2cccs2)s1. The van der Waals surface area contributed by atoms with Gasteiger partial charge in [0, 0.05) is 11.9 Å². The first-order chi connectivity index (χ1) is 10.1. The second kappa shape index (κ2) is 6.39. The van der Waals surface area contributed by atoms with Crippen molar-refractivity contribution >= 4 is 55.8 Å². The minimum Gasteiger partial charge on any atom is -0.336 e. The zero-order valence-electron chi connectivity index (χ0n) is 11.1. The lowest BCUT2D eigenvalue weighted by Crippen LogP contribution is -2.24. The first-order valence-electron chi connectivity index (χ1n) is 6.13. The predicted octanol–water partition coefficient (Wildman–Crippen LogP) is 4.97. The van der Waals surface area contributed by atoms with Gasteiger partial charge in [-0.3, -0.25) is 4.79 Å². The summed E-state index contributed by atoms with van der Waals surface area (Å²) in [6, 6.07) is 8.04. The molecule has 0 unspecified atom stereocenters. The summed E-state index contributed by atoms with van der Waals surface area (Å²) < 4.78 is 1.08. The van der Waals surface area contributed by atoms with Crippen molar-refractivity contribution in [3.8, 4) is 9.88 Å². The van der Waals surface area contributed by atoms with Gasteiger partial charge in [-0.05, 0) is 39.5 Å². The summed E-state index contributed by atoms with van der Waals surface area (Å²) in [5.74, 6) is 0.0137. The fraction of sp³-hybridized carbons (Fsp3) is 0.143. The Morgan fingerprint density at radius 3 is 2.86 bits per heavy atom. The molecule has 7 heteroatoms. The maximum absolute atomic E-state index is 12.4. The summed E-state index contributed by atoms with van der Waals surface area (Å²) in [4.78, 5) is 21.4. The molecule has 0 radical (unpaired) electrons. The van der Waals surface area contributed by atoms with E-state index in [0.29, 0.717) is 11.4 Å². The lowest BCUT2D eigenvalue weighted by molar-refractivity contribution is 0.0791. The molecular formula is C14H11BrN2OS3. The third-order valence-corrected chi connectivity index (χ3v) is 6.45. The Labute approximate surface area is 143 Å². The zero-order chi connectivity index (χ0) is 14.8. The molecule has 0 saturated heterocycles. The van der Waals surface area contributed by atoms with E-state index < -0.39 is 0 Å². The van der Waals surface area contributed by atoms with Gasteiger partial charge in [0.25, 0.3) is 5.91 Å². The van der Waals surface area contributed by atoms with Crippen LogP contribution in [0.4, 0.5) is 0 Å². The van der Waals surface area contributed by atoms with Crippen molar-refractivity contribution < 1.29 is 4.79 Å². The van der Waals surface area contributed by atoms with Crippen molar-refractivity contribution in [3.63, 3.8) is 0 Å². The molecular weight excluding hydrogens is 388 g/mol. The molecule has 0 fully saturated rings. The molecule has 0 aromatic carbocycles. The average molecular weight is 399 g/mol. The highest BCUT2D eigenvalue weighted by atomic mass is 79.9. The van der Waals surface area contributed by atoms with E-state index in [2.05, 4.69) is 20.9 Å². The van der Waals surface area contributed by atoms with Crippen molar-refractivity contribution in [2.45, 2.75) is 6.54 Å². The number of thiazole rings is 1. The Balaban J connectivity index is 1.72. The van der Waals surface area contributed by atoms with Crippen LogP contribution in [-0.2, 0) is 6.54 Å². The van der Waals surface area contributed by atoms with Crippen molar-refractivity contribution in [2.75, 3.05) is 7.05 Å². The molecule has 3 aromatic heterocycles. The molecule has 0 aliphatic carbocycles. The number of carbonyl (C=O) groups excluding carboxylic acids is 1. The van der Waals surface area contributed by atoms with E-state index >= 15 is 0 Å². The predicted molar refractivity (Wildman–Crippen MR) is 93.2 cm³/mol. The Hall–Kier alpha value is -1.02. The Bertz CT molecular complexity index is 748.